The van der Waals surface area contributed by atoms with Crippen molar-refractivity contribution in [1.29, 1.82) is 0 Å². The third-order valence-electron chi connectivity index (χ3n) is 3.04. The highest BCUT2D eigenvalue weighted by Gasteiger charge is 2.21. The van der Waals surface area contributed by atoms with Crippen molar-refractivity contribution in [3.05, 3.63) is 23.9 Å². The molecule has 0 bridgehead atoms. The molecule has 0 aliphatic heterocycles. The molecule has 1 aromatic rings. The minimum atomic E-state index is 0.286. The second-order valence-electron chi connectivity index (χ2n) is 4.16. The van der Waals surface area contributed by atoms with Gasteiger partial charge < -0.3 is 5.73 Å². The fourth-order valence-electron chi connectivity index (χ4n) is 2.23. The molecule has 1 fully saturated rings. The Labute approximate surface area is 89.7 Å². The van der Waals surface area contributed by atoms with Crippen LogP contribution >= 0.6 is 0 Å². The summed E-state index contributed by atoms with van der Waals surface area (Å²) in [6.07, 6.45) is 6.26. The number of aromatic nitrogens is 1. The Hall–Kier alpha value is -1.38. The molecule has 1 aliphatic rings. The molecule has 1 atom stereocenters. The Kier molecular flexibility index (Phi) is 2.99. The Bertz CT molecular complexity index is 362. The molecule has 2 N–H and O–H groups in total. The van der Waals surface area contributed by atoms with Crippen molar-refractivity contribution >= 4 is 11.6 Å². The van der Waals surface area contributed by atoms with Crippen molar-refractivity contribution in [3.63, 3.8) is 0 Å². The van der Waals surface area contributed by atoms with E-state index in [-0.39, 0.29) is 5.92 Å². The van der Waals surface area contributed by atoms with Crippen LogP contribution in [-0.4, -0.2) is 10.8 Å². The van der Waals surface area contributed by atoms with E-state index in [0.717, 1.165) is 31.2 Å². The first-order chi connectivity index (χ1) is 7.27. The van der Waals surface area contributed by atoms with Gasteiger partial charge in [0.1, 0.15) is 11.6 Å². The molecule has 1 aromatic heterocycles. The first-order valence-electron chi connectivity index (χ1n) is 5.49. The second kappa shape index (κ2) is 4.43. The van der Waals surface area contributed by atoms with Crippen molar-refractivity contribution in [2.45, 2.75) is 38.0 Å². The van der Waals surface area contributed by atoms with Gasteiger partial charge in [0.05, 0.1) is 0 Å². The number of ketones is 1. The highest BCUT2D eigenvalue weighted by molar-refractivity contribution is 5.79. The minimum Gasteiger partial charge on any atom is -0.383 e. The molecule has 0 aromatic carbocycles. The van der Waals surface area contributed by atoms with Crippen LogP contribution in [0.3, 0.4) is 0 Å². The molecule has 1 unspecified atom stereocenters. The molecule has 1 saturated carbocycles. The van der Waals surface area contributed by atoms with Crippen molar-refractivity contribution in [1.82, 2.24) is 4.98 Å². The number of nitrogens with two attached hydrogens (primary N) is 1. The number of hydrogen-bond donors (Lipinski definition) is 1. The van der Waals surface area contributed by atoms with E-state index in [2.05, 4.69) is 4.98 Å². The Morgan fingerprint density at radius 2 is 2.27 bits per heavy atom. The van der Waals surface area contributed by atoms with Gasteiger partial charge in [-0.15, -0.1) is 0 Å². The molecule has 0 spiro atoms. The number of nitrogens with zero attached hydrogens (tertiary/aromatic N) is 1. The minimum absolute atomic E-state index is 0.286. The molecule has 0 amide bonds. The lowest BCUT2D eigenvalue weighted by Gasteiger charge is -2.14. The van der Waals surface area contributed by atoms with Crippen LogP contribution < -0.4 is 5.73 Å². The van der Waals surface area contributed by atoms with E-state index in [0.29, 0.717) is 18.0 Å². The molecule has 3 nitrogen and oxygen atoms in total. The van der Waals surface area contributed by atoms with Crippen molar-refractivity contribution in [3.8, 4) is 0 Å². The Morgan fingerprint density at radius 3 is 3.07 bits per heavy atom. The van der Waals surface area contributed by atoms with Gasteiger partial charge in [0, 0.05) is 19.0 Å². The van der Waals surface area contributed by atoms with Crippen LogP contribution in [0.25, 0.3) is 0 Å². The quantitative estimate of drug-likeness (QED) is 0.714. The summed E-state index contributed by atoms with van der Waals surface area (Å²) in [6, 6.07) is 3.88. The summed E-state index contributed by atoms with van der Waals surface area (Å²) in [6.45, 7) is 0. The maximum Gasteiger partial charge on any atom is 0.133 e. The summed E-state index contributed by atoms with van der Waals surface area (Å²) < 4.78 is 0. The van der Waals surface area contributed by atoms with Gasteiger partial charge in [-0.05, 0) is 30.4 Å². The number of rotatable bonds is 1. The largest absolute Gasteiger partial charge is 0.383 e. The van der Waals surface area contributed by atoms with Crippen LogP contribution in [-0.2, 0) is 4.79 Å². The second-order valence-corrected chi connectivity index (χ2v) is 4.16. The zero-order chi connectivity index (χ0) is 10.7. The van der Waals surface area contributed by atoms with E-state index in [1.54, 1.807) is 6.20 Å². The highest BCUT2D eigenvalue weighted by atomic mass is 16.1. The number of carbonyl (C=O) groups is 1. The Morgan fingerprint density at radius 1 is 1.40 bits per heavy atom. The van der Waals surface area contributed by atoms with E-state index in [1.807, 2.05) is 12.1 Å². The summed E-state index contributed by atoms with van der Waals surface area (Å²) >= 11 is 0. The van der Waals surface area contributed by atoms with Gasteiger partial charge in [0.2, 0.25) is 0 Å². The number of nitrogen functional groups attached to an aromatic ring is 1. The monoisotopic (exact) mass is 204 g/mol. The van der Waals surface area contributed by atoms with Gasteiger partial charge in [0.15, 0.2) is 0 Å². The van der Waals surface area contributed by atoms with E-state index in [4.69, 9.17) is 5.73 Å². The fourth-order valence-corrected chi connectivity index (χ4v) is 2.23. The molecule has 1 aliphatic carbocycles. The van der Waals surface area contributed by atoms with Gasteiger partial charge in [-0.3, -0.25) is 4.79 Å². The van der Waals surface area contributed by atoms with Crippen LogP contribution in [0.15, 0.2) is 18.3 Å². The Balaban J connectivity index is 2.22. The van der Waals surface area contributed by atoms with Crippen molar-refractivity contribution < 1.29 is 4.79 Å². The first kappa shape index (κ1) is 10.1. The van der Waals surface area contributed by atoms with Gasteiger partial charge in [-0.1, -0.05) is 12.5 Å². The predicted octanol–water partition coefficient (Wildman–Crippen LogP) is 2.28. The fraction of sp³-hybridized carbons (Fsp3) is 0.500. The van der Waals surface area contributed by atoms with Gasteiger partial charge >= 0.3 is 0 Å². The summed E-state index contributed by atoms with van der Waals surface area (Å²) in [5.41, 5.74) is 6.87. The molecule has 0 radical (unpaired) electrons. The summed E-state index contributed by atoms with van der Waals surface area (Å²) in [5.74, 6) is 1.23. The molecular formula is C12H16N2O. The molecule has 3 heteroatoms. The number of carbonyl (C=O) groups excluding carboxylic acids is 1. The van der Waals surface area contributed by atoms with E-state index in [1.165, 1.54) is 0 Å². The maximum absolute atomic E-state index is 11.5. The number of hydrogen-bond acceptors (Lipinski definition) is 3. The normalized spacial score (nSPS) is 22.4. The van der Waals surface area contributed by atoms with Crippen LogP contribution in [0.2, 0.25) is 0 Å². The summed E-state index contributed by atoms with van der Waals surface area (Å²) in [4.78, 5) is 15.6. The first-order valence-corrected chi connectivity index (χ1v) is 5.49. The van der Waals surface area contributed by atoms with E-state index < -0.39 is 0 Å². The van der Waals surface area contributed by atoms with Crippen molar-refractivity contribution in [2.24, 2.45) is 0 Å². The lowest BCUT2D eigenvalue weighted by atomic mass is 9.92. The predicted molar refractivity (Wildman–Crippen MR) is 59.5 cm³/mol. The number of anilines is 1. The molecule has 1 heterocycles. The van der Waals surface area contributed by atoms with E-state index in [9.17, 15) is 4.79 Å². The maximum atomic E-state index is 11.5. The lowest BCUT2D eigenvalue weighted by molar-refractivity contribution is -0.119. The SMILES string of the molecule is Nc1ncccc1C1CCCCC(=O)C1. The molecular weight excluding hydrogens is 188 g/mol. The average molecular weight is 204 g/mol. The zero-order valence-electron chi connectivity index (χ0n) is 8.78. The van der Waals surface area contributed by atoms with Crippen LogP contribution in [0.1, 0.15) is 43.6 Å². The van der Waals surface area contributed by atoms with Crippen LogP contribution in [0.4, 0.5) is 5.82 Å². The average Bonchev–Trinajstić information content (AvgIpc) is 2.43. The third-order valence-corrected chi connectivity index (χ3v) is 3.04. The van der Waals surface area contributed by atoms with Gasteiger partial charge in [-0.2, -0.15) is 0 Å². The lowest BCUT2D eigenvalue weighted by Crippen LogP contribution is -2.07. The molecule has 2 rings (SSSR count). The van der Waals surface area contributed by atoms with Crippen molar-refractivity contribution in [2.75, 3.05) is 5.73 Å². The van der Waals surface area contributed by atoms with E-state index >= 15 is 0 Å². The molecule has 0 saturated heterocycles. The third kappa shape index (κ3) is 2.35. The highest BCUT2D eigenvalue weighted by Crippen LogP contribution is 2.32. The standard InChI is InChI=1S/C12H16N2O/c13-12-11(6-3-7-14-12)9-4-1-2-5-10(15)8-9/h3,6-7,9H,1-2,4-5,8H2,(H2,13,14). The number of Topliss-reactive ketones (excluding diaryl/α,β-unsaturated/α-hetero) is 1. The number of pyridine rings is 1. The zero-order valence-corrected chi connectivity index (χ0v) is 8.78. The summed E-state index contributed by atoms with van der Waals surface area (Å²) in [7, 11) is 0. The molecule has 80 valence electrons. The summed E-state index contributed by atoms with van der Waals surface area (Å²) in [5, 5.41) is 0. The van der Waals surface area contributed by atoms with Crippen LogP contribution in [0.5, 0.6) is 0 Å². The van der Waals surface area contributed by atoms with Crippen LogP contribution in [0, 0.1) is 0 Å². The molecule has 15 heavy (non-hydrogen) atoms. The smallest absolute Gasteiger partial charge is 0.133 e. The van der Waals surface area contributed by atoms with Gasteiger partial charge in [0.25, 0.3) is 0 Å². The topological polar surface area (TPSA) is 56.0 Å². The van der Waals surface area contributed by atoms with Gasteiger partial charge in [-0.25, -0.2) is 4.98 Å².